The van der Waals surface area contributed by atoms with Gasteiger partial charge in [0.05, 0.1) is 18.1 Å². The number of nitro groups is 1. The Hall–Kier alpha value is -2.11. The summed E-state index contributed by atoms with van der Waals surface area (Å²) in [5, 5.41) is 11.0. The van der Waals surface area contributed by atoms with E-state index in [9.17, 15) is 14.9 Å². The highest BCUT2D eigenvalue weighted by atomic mass is 16.7. The highest BCUT2D eigenvalue weighted by Crippen LogP contribution is 2.41. The second-order valence-corrected chi connectivity index (χ2v) is 4.97. The summed E-state index contributed by atoms with van der Waals surface area (Å²) in [5.41, 5.74) is 1.38. The molecule has 0 unspecified atom stereocenters. The number of carbonyl (C=O) groups is 1. The lowest BCUT2D eigenvalue weighted by atomic mass is 9.94. The summed E-state index contributed by atoms with van der Waals surface area (Å²) in [7, 11) is 1.21. The lowest BCUT2D eigenvalue weighted by Crippen LogP contribution is -2.10. The van der Waals surface area contributed by atoms with Gasteiger partial charge >= 0.3 is 6.16 Å². The Balaban J connectivity index is 2.44. The molecule has 0 N–H and O–H groups in total. The van der Waals surface area contributed by atoms with Crippen molar-refractivity contribution >= 4 is 11.8 Å². The van der Waals surface area contributed by atoms with Crippen LogP contribution in [0.4, 0.5) is 10.5 Å². The van der Waals surface area contributed by atoms with Crippen LogP contribution in [0, 0.1) is 17.0 Å². The lowest BCUT2D eigenvalue weighted by Gasteiger charge is -2.15. The Morgan fingerprint density at radius 1 is 1.35 bits per heavy atom. The van der Waals surface area contributed by atoms with Crippen LogP contribution in [0.2, 0.25) is 0 Å². The van der Waals surface area contributed by atoms with Gasteiger partial charge in [0.2, 0.25) is 0 Å². The van der Waals surface area contributed by atoms with E-state index in [1.807, 2.05) is 0 Å². The van der Waals surface area contributed by atoms with Gasteiger partial charge in [-0.05, 0) is 37.3 Å². The summed E-state index contributed by atoms with van der Waals surface area (Å²) < 4.78 is 9.56. The zero-order valence-electron chi connectivity index (χ0n) is 11.5. The Bertz CT molecular complexity index is 535. The molecule has 1 aliphatic rings. The van der Waals surface area contributed by atoms with Crippen molar-refractivity contribution in [2.24, 2.45) is 0 Å². The summed E-state index contributed by atoms with van der Waals surface area (Å²) in [6, 6.07) is 3.08. The van der Waals surface area contributed by atoms with E-state index in [0.717, 1.165) is 31.2 Å². The first-order valence-corrected chi connectivity index (χ1v) is 6.57. The summed E-state index contributed by atoms with van der Waals surface area (Å²) >= 11 is 0. The standard InChI is InChI=1S/C14H17NO5/c1-9-7-11(10-5-3-4-6-10)13(20-14(16)19-2)8-12(9)15(17)18/h7-8,10H,3-6H2,1-2H3. The second kappa shape index (κ2) is 5.90. The lowest BCUT2D eigenvalue weighted by molar-refractivity contribution is -0.385. The molecular formula is C14H17NO5. The van der Waals surface area contributed by atoms with Crippen LogP contribution >= 0.6 is 0 Å². The van der Waals surface area contributed by atoms with Crippen molar-refractivity contribution in [2.45, 2.75) is 38.5 Å². The van der Waals surface area contributed by atoms with Crippen LogP contribution in [-0.2, 0) is 4.74 Å². The van der Waals surface area contributed by atoms with Crippen molar-refractivity contribution in [1.82, 2.24) is 0 Å². The fourth-order valence-electron chi connectivity index (χ4n) is 2.67. The van der Waals surface area contributed by atoms with E-state index in [2.05, 4.69) is 4.74 Å². The van der Waals surface area contributed by atoms with E-state index in [-0.39, 0.29) is 17.4 Å². The van der Waals surface area contributed by atoms with Crippen molar-refractivity contribution in [3.05, 3.63) is 33.4 Å². The SMILES string of the molecule is COC(=O)Oc1cc([N+](=O)[O-])c(C)cc1C1CCCC1. The van der Waals surface area contributed by atoms with E-state index < -0.39 is 11.1 Å². The molecule has 20 heavy (non-hydrogen) atoms. The number of nitrogens with zero attached hydrogens (tertiary/aromatic N) is 1. The van der Waals surface area contributed by atoms with Gasteiger partial charge in [-0.2, -0.15) is 0 Å². The molecule has 0 spiro atoms. The quantitative estimate of drug-likeness (QED) is 0.365. The van der Waals surface area contributed by atoms with E-state index >= 15 is 0 Å². The molecule has 0 aliphatic heterocycles. The van der Waals surface area contributed by atoms with Crippen LogP contribution in [0.5, 0.6) is 5.75 Å². The number of rotatable bonds is 3. The number of methoxy groups -OCH3 is 1. The Morgan fingerprint density at radius 3 is 2.55 bits per heavy atom. The Labute approximate surface area is 116 Å². The molecule has 2 rings (SSSR count). The van der Waals surface area contributed by atoms with Crippen LogP contribution < -0.4 is 4.74 Å². The third kappa shape index (κ3) is 2.89. The molecule has 6 heteroatoms. The topological polar surface area (TPSA) is 78.7 Å². The number of nitro benzene ring substituents is 1. The summed E-state index contributed by atoms with van der Waals surface area (Å²) in [6.45, 7) is 1.69. The van der Waals surface area contributed by atoms with Crippen molar-refractivity contribution in [3.8, 4) is 5.75 Å². The van der Waals surface area contributed by atoms with Gasteiger partial charge < -0.3 is 9.47 Å². The van der Waals surface area contributed by atoms with Gasteiger partial charge in [0.1, 0.15) is 5.75 Å². The molecule has 0 saturated heterocycles. The molecule has 1 fully saturated rings. The van der Waals surface area contributed by atoms with Gasteiger partial charge in [0, 0.05) is 5.56 Å². The first kappa shape index (κ1) is 14.3. The van der Waals surface area contributed by atoms with Crippen molar-refractivity contribution < 1.29 is 19.2 Å². The number of carbonyl (C=O) groups excluding carboxylic acids is 1. The second-order valence-electron chi connectivity index (χ2n) is 4.97. The molecule has 1 aliphatic carbocycles. The van der Waals surface area contributed by atoms with Crippen LogP contribution in [-0.4, -0.2) is 18.2 Å². The normalized spacial score (nSPS) is 15.1. The molecule has 108 valence electrons. The maximum atomic E-state index is 11.3. The van der Waals surface area contributed by atoms with E-state index in [1.54, 1.807) is 13.0 Å². The minimum Gasteiger partial charge on any atom is -0.437 e. The van der Waals surface area contributed by atoms with Gasteiger partial charge in [-0.1, -0.05) is 12.8 Å². The Kier molecular flexibility index (Phi) is 4.22. The van der Waals surface area contributed by atoms with Gasteiger partial charge in [-0.25, -0.2) is 4.79 Å². The number of ether oxygens (including phenoxy) is 2. The van der Waals surface area contributed by atoms with Gasteiger partial charge in [0.25, 0.3) is 5.69 Å². The molecule has 1 saturated carbocycles. The van der Waals surface area contributed by atoms with E-state index in [4.69, 9.17) is 4.74 Å². The van der Waals surface area contributed by atoms with Crippen LogP contribution in [0.3, 0.4) is 0 Å². The number of hydrogen-bond donors (Lipinski definition) is 0. The summed E-state index contributed by atoms with van der Waals surface area (Å²) in [5.74, 6) is 0.523. The van der Waals surface area contributed by atoms with Crippen molar-refractivity contribution in [2.75, 3.05) is 7.11 Å². The molecule has 6 nitrogen and oxygen atoms in total. The minimum absolute atomic E-state index is 0.0503. The molecule has 1 aromatic carbocycles. The fourth-order valence-corrected chi connectivity index (χ4v) is 2.67. The van der Waals surface area contributed by atoms with Gasteiger partial charge in [-0.15, -0.1) is 0 Å². The minimum atomic E-state index is -0.859. The zero-order chi connectivity index (χ0) is 14.7. The molecule has 1 aromatic rings. The van der Waals surface area contributed by atoms with E-state index in [1.165, 1.54) is 13.2 Å². The smallest absolute Gasteiger partial charge is 0.437 e. The highest BCUT2D eigenvalue weighted by Gasteiger charge is 2.25. The molecular weight excluding hydrogens is 262 g/mol. The maximum absolute atomic E-state index is 11.3. The van der Waals surface area contributed by atoms with Crippen molar-refractivity contribution in [1.29, 1.82) is 0 Å². The molecule has 0 radical (unpaired) electrons. The maximum Gasteiger partial charge on any atom is 0.513 e. The third-order valence-corrected chi connectivity index (χ3v) is 3.68. The van der Waals surface area contributed by atoms with Gasteiger partial charge in [-0.3, -0.25) is 10.1 Å². The predicted octanol–water partition coefficient (Wildman–Crippen LogP) is 3.71. The first-order valence-electron chi connectivity index (χ1n) is 6.57. The molecule has 0 aromatic heterocycles. The molecule has 0 amide bonds. The van der Waals surface area contributed by atoms with Crippen molar-refractivity contribution in [3.63, 3.8) is 0 Å². The molecule has 0 atom stereocenters. The number of hydrogen-bond acceptors (Lipinski definition) is 5. The van der Waals surface area contributed by atoms with Crippen LogP contribution in [0.15, 0.2) is 12.1 Å². The summed E-state index contributed by atoms with van der Waals surface area (Å²) in [6.07, 6.45) is 3.41. The molecule has 0 bridgehead atoms. The fraction of sp³-hybridized carbons (Fsp3) is 0.500. The average molecular weight is 279 g/mol. The van der Waals surface area contributed by atoms with Crippen LogP contribution in [0.1, 0.15) is 42.7 Å². The summed E-state index contributed by atoms with van der Waals surface area (Å²) in [4.78, 5) is 21.8. The zero-order valence-corrected chi connectivity index (χ0v) is 11.5. The van der Waals surface area contributed by atoms with Gasteiger partial charge in [0.15, 0.2) is 0 Å². The third-order valence-electron chi connectivity index (χ3n) is 3.68. The number of benzene rings is 1. The van der Waals surface area contributed by atoms with E-state index in [0.29, 0.717) is 5.56 Å². The largest absolute Gasteiger partial charge is 0.513 e. The highest BCUT2D eigenvalue weighted by molar-refractivity contribution is 5.66. The average Bonchev–Trinajstić information content (AvgIpc) is 2.93. The monoisotopic (exact) mass is 279 g/mol. The Morgan fingerprint density at radius 2 is 2.00 bits per heavy atom. The first-order chi connectivity index (χ1) is 9.52. The molecule has 0 heterocycles. The number of aryl methyl sites for hydroxylation is 1. The predicted molar refractivity (Wildman–Crippen MR) is 72.1 cm³/mol. The van der Waals surface area contributed by atoms with Crippen LogP contribution in [0.25, 0.3) is 0 Å².